The third-order valence-corrected chi connectivity index (χ3v) is 8.35. The molecule has 33 heavy (non-hydrogen) atoms. The molecule has 0 spiro atoms. The number of carbonyl (C=O) groups is 3. The summed E-state index contributed by atoms with van der Waals surface area (Å²) in [6, 6.07) is 0.0425. The fourth-order valence-corrected chi connectivity index (χ4v) is 6.47. The van der Waals surface area contributed by atoms with E-state index in [0.29, 0.717) is 37.1 Å². The zero-order valence-corrected chi connectivity index (χ0v) is 19.3. The first-order valence-electron chi connectivity index (χ1n) is 10.9. The minimum absolute atomic E-state index is 0.0331. The van der Waals surface area contributed by atoms with Gasteiger partial charge in [-0.1, -0.05) is 6.92 Å². The second-order valence-corrected chi connectivity index (χ2v) is 10.3. The first-order valence-corrected chi connectivity index (χ1v) is 11.8. The Morgan fingerprint density at radius 3 is 2.61 bits per heavy atom. The van der Waals surface area contributed by atoms with E-state index in [2.05, 4.69) is 4.98 Å². The van der Waals surface area contributed by atoms with Crippen molar-refractivity contribution in [2.24, 2.45) is 11.8 Å². The molecule has 3 fully saturated rings. The minimum Gasteiger partial charge on any atom is -0.477 e. The van der Waals surface area contributed by atoms with Crippen LogP contribution in [0.4, 0.5) is 6.01 Å². The molecule has 11 nitrogen and oxygen atoms in total. The van der Waals surface area contributed by atoms with Gasteiger partial charge < -0.3 is 34.1 Å². The van der Waals surface area contributed by atoms with E-state index in [1.807, 2.05) is 11.8 Å². The molecule has 4 aliphatic heterocycles. The molecule has 5 rings (SSSR count). The van der Waals surface area contributed by atoms with E-state index in [1.54, 1.807) is 18.9 Å². The molecule has 2 N–H and O–H groups in total. The monoisotopic (exact) mass is 478 g/mol. The van der Waals surface area contributed by atoms with Crippen LogP contribution < -0.4 is 4.90 Å². The number of nitrogens with zero attached hydrogens (tertiary/aromatic N) is 4. The van der Waals surface area contributed by atoms with Crippen LogP contribution in [-0.2, 0) is 14.3 Å². The van der Waals surface area contributed by atoms with Gasteiger partial charge in [0.25, 0.3) is 11.9 Å². The topological polar surface area (TPSA) is 137 Å². The van der Waals surface area contributed by atoms with E-state index in [9.17, 15) is 24.6 Å². The van der Waals surface area contributed by atoms with Gasteiger partial charge in [0, 0.05) is 49.4 Å². The number of ether oxygens (including phenoxy) is 1. The molecule has 3 saturated heterocycles. The molecule has 5 heterocycles. The van der Waals surface area contributed by atoms with Gasteiger partial charge in [-0.05, 0) is 6.92 Å². The van der Waals surface area contributed by atoms with Crippen LogP contribution in [0.25, 0.3) is 0 Å². The van der Waals surface area contributed by atoms with Crippen molar-refractivity contribution in [3.63, 3.8) is 0 Å². The molecule has 2 amide bonds. The lowest BCUT2D eigenvalue weighted by atomic mass is 9.79. The quantitative estimate of drug-likeness (QED) is 0.524. The van der Waals surface area contributed by atoms with Crippen molar-refractivity contribution in [1.29, 1.82) is 0 Å². The predicted octanol–water partition coefficient (Wildman–Crippen LogP) is 0.221. The number of oxazole rings is 1. The summed E-state index contributed by atoms with van der Waals surface area (Å²) in [6.45, 7) is 5.70. The van der Waals surface area contributed by atoms with Crippen LogP contribution in [0, 0.1) is 11.8 Å². The highest BCUT2D eigenvalue weighted by atomic mass is 32.2. The van der Waals surface area contributed by atoms with E-state index < -0.39 is 18.0 Å². The number of methoxy groups -OCH3 is 1. The molecular formula is C21H26N4O7S. The second kappa shape index (κ2) is 8.03. The number of amides is 2. The largest absolute Gasteiger partial charge is 0.477 e. The Labute approximate surface area is 194 Å². The van der Waals surface area contributed by atoms with Crippen molar-refractivity contribution in [2.45, 2.75) is 37.3 Å². The van der Waals surface area contributed by atoms with Gasteiger partial charge in [0.15, 0.2) is 5.69 Å². The highest BCUT2D eigenvalue weighted by Crippen LogP contribution is 2.52. The van der Waals surface area contributed by atoms with Crippen LogP contribution in [0.1, 0.15) is 24.3 Å². The Hall–Kier alpha value is -2.57. The number of carbonyl (C=O) groups excluding carboxylic acids is 2. The van der Waals surface area contributed by atoms with Crippen LogP contribution in [0.3, 0.4) is 0 Å². The number of hydrogen-bond donors (Lipinski definition) is 2. The van der Waals surface area contributed by atoms with E-state index >= 15 is 0 Å². The number of carboxylic acid groups (broad SMARTS) is 1. The van der Waals surface area contributed by atoms with Gasteiger partial charge in [-0.2, -0.15) is 4.98 Å². The van der Waals surface area contributed by atoms with Crippen LogP contribution in [0.5, 0.6) is 0 Å². The molecule has 0 bridgehead atoms. The van der Waals surface area contributed by atoms with Gasteiger partial charge in [0.2, 0.25) is 5.91 Å². The Bertz CT molecular complexity index is 1030. The van der Waals surface area contributed by atoms with Crippen molar-refractivity contribution < 1.29 is 33.8 Å². The predicted molar refractivity (Wildman–Crippen MR) is 116 cm³/mol. The number of β-lactam (4-membered cyclic amide) rings is 1. The summed E-state index contributed by atoms with van der Waals surface area (Å²) in [4.78, 5) is 46.7. The van der Waals surface area contributed by atoms with E-state index in [-0.39, 0.29) is 46.5 Å². The van der Waals surface area contributed by atoms with Gasteiger partial charge in [-0.3, -0.25) is 9.59 Å². The molecule has 0 aliphatic carbocycles. The molecule has 4 aliphatic rings. The SMILES string of the molecule is COC1CN(C(=O)c2coc(N3CC(SC4=C(C(=O)O)N5C(=O)[C@H]([C@@H](C)O)[C@H]5[C@H]4C)C3)n2)C1. The third-order valence-electron chi connectivity index (χ3n) is 6.90. The van der Waals surface area contributed by atoms with E-state index in [0.717, 1.165) is 0 Å². The number of rotatable bonds is 7. The van der Waals surface area contributed by atoms with Gasteiger partial charge in [0.05, 0.1) is 24.2 Å². The van der Waals surface area contributed by atoms with Crippen LogP contribution in [-0.4, -0.2) is 99.6 Å². The van der Waals surface area contributed by atoms with Crippen molar-refractivity contribution in [2.75, 3.05) is 38.2 Å². The van der Waals surface area contributed by atoms with Crippen molar-refractivity contribution in [1.82, 2.24) is 14.8 Å². The van der Waals surface area contributed by atoms with Crippen LogP contribution in [0.2, 0.25) is 0 Å². The standard InChI is InChI=1S/C21H26N4O7S/c1-9-15-14(10(2)26)19(28)25(15)16(20(29)30)17(9)33-12-6-24(7-12)21-22-13(8-32-21)18(27)23-4-11(5-23)31-3/h8-12,14-15,26H,4-7H2,1-3H3,(H,29,30)/t9-,10-,14-,15-/m1/s1. The average molecular weight is 479 g/mol. The third kappa shape index (κ3) is 3.42. The number of aliphatic hydroxyl groups is 1. The molecular weight excluding hydrogens is 452 g/mol. The molecule has 1 aromatic rings. The Morgan fingerprint density at radius 2 is 2.00 bits per heavy atom. The van der Waals surface area contributed by atoms with Crippen molar-refractivity contribution in [3.05, 3.63) is 22.6 Å². The van der Waals surface area contributed by atoms with E-state index in [4.69, 9.17) is 9.15 Å². The Kier molecular flexibility index (Phi) is 5.41. The molecule has 0 saturated carbocycles. The Balaban J connectivity index is 1.21. The highest BCUT2D eigenvalue weighted by Gasteiger charge is 2.60. The molecule has 1 aromatic heterocycles. The molecule has 0 unspecified atom stereocenters. The van der Waals surface area contributed by atoms with Crippen LogP contribution >= 0.6 is 11.8 Å². The summed E-state index contributed by atoms with van der Waals surface area (Å²) >= 11 is 1.46. The maximum Gasteiger partial charge on any atom is 0.353 e. The summed E-state index contributed by atoms with van der Waals surface area (Å²) in [6.07, 6.45) is 0.599. The zero-order valence-electron chi connectivity index (χ0n) is 18.5. The van der Waals surface area contributed by atoms with Gasteiger partial charge in [-0.15, -0.1) is 11.8 Å². The number of fused-ring (bicyclic) bond motifs is 1. The number of aromatic nitrogens is 1. The maximum atomic E-state index is 12.5. The number of aliphatic carboxylic acids is 1. The minimum atomic E-state index is -1.13. The lowest BCUT2D eigenvalue weighted by molar-refractivity contribution is -0.163. The fraction of sp³-hybridized carbons (Fsp3) is 0.619. The number of anilines is 1. The lowest BCUT2D eigenvalue weighted by Crippen LogP contribution is -2.63. The summed E-state index contributed by atoms with van der Waals surface area (Å²) in [5.74, 6) is -2.38. The number of thioether (sulfide) groups is 1. The smallest absolute Gasteiger partial charge is 0.353 e. The first kappa shape index (κ1) is 22.2. The maximum absolute atomic E-state index is 12.5. The number of likely N-dealkylation sites (tertiary alicyclic amines) is 1. The number of hydrogen-bond acceptors (Lipinski definition) is 9. The normalized spacial score (nSPS) is 28.4. The summed E-state index contributed by atoms with van der Waals surface area (Å²) in [5.41, 5.74) is 0.286. The molecule has 12 heteroatoms. The number of aliphatic hydroxyl groups excluding tert-OH is 1. The van der Waals surface area contributed by atoms with Gasteiger partial charge >= 0.3 is 5.97 Å². The van der Waals surface area contributed by atoms with Crippen LogP contribution in [0.15, 0.2) is 21.3 Å². The van der Waals surface area contributed by atoms with E-state index in [1.165, 1.54) is 22.9 Å². The summed E-state index contributed by atoms with van der Waals surface area (Å²) in [7, 11) is 1.62. The lowest BCUT2D eigenvalue weighted by Gasteiger charge is -2.46. The van der Waals surface area contributed by atoms with Crippen molar-refractivity contribution in [3.8, 4) is 0 Å². The zero-order chi connectivity index (χ0) is 23.6. The van der Waals surface area contributed by atoms with Gasteiger partial charge in [0.1, 0.15) is 12.0 Å². The van der Waals surface area contributed by atoms with Crippen molar-refractivity contribution >= 4 is 35.6 Å². The molecule has 0 aromatic carbocycles. The summed E-state index contributed by atoms with van der Waals surface area (Å²) < 4.78 is 10.7. The average Bonchev–Trinajstić information content (AvgIpc) is 3.25. The summed E-state index contributed by atoms with van der Waals surface area (Å²) in [5, 5.41) is 19.8. The fourth-order valence-electron chi connectivity index (χ4n) is 4.95. The Morgan fingerprint density at radius 1 is 1.30 bits per heavy atom. The highest BCUT2D eigenvalue weighted by molar-refractivity contribution is 8.03. The second-order valence-electron chi connectivity index (χ2n) is 9.00. The number of carboxylic acids is 1. The first-order chi connectivity index (χ1) is 15.7. The molecule has 4 atom stereocenters. The molecule has 178 valence electrons. The van der Waals surface area contributed by atoms with Gasteiger partial charge in [-0.25, -0.2) is 4.79 Å². The molecule has 0 radical (unpaired) electrons.